The van der Waals surface area contributed by atoms with Crippen molar-refractivity contribution in [2.75, 3.05) is 5.73 Å². The highest BCUT2D eigenvalue weighted by molar-refractivity contribution is 6.01. The second kappa shape index (κ2) is 4.35. The molecule has 2 amide bonds. The number of carbonyl (C=O) groups excluding carboxylic acids is 2. The first-order valence-corrected chi connectivity index (χ1v) is 6.14. The summed E-state index contributed by atoms with van der Waals surface area (Å²) in [5.74, 6) is -0.874. The Morgan fingerprint density at radius 2 is 2.05 bits per heavy atom. The van der Waals surface area contributed by atoms with Gasteiger partial charge < -0.3 is 5.73 Å². The maximum absolute atomic E-state index is 11.8. The zero-order valence-corrected chi connectivity index (χ0v) is 10.2. The lowest BCUT2D eigenvalue weighted by atomic mass is 9.94. The van der Waals surface area contributed by atoms with Crippen LogP contribution < -0.4 is 11.1 Å². The zero-order valence-electron chi connectivity index (χ0n) is 10.2. The second-order valence-electron chi connectivity index (χ2n) is 4.66. The van der Waals surface area contributed by atoms with Gasteiger partial charge in [0.1, 0.15) is 0 Å². The molecule has 1 aliphatic rings. The van der Waals surface area contributed by atoms with Crippen molar-refractivity contribution in [2.24, 2.45) is 0 Å². The Hall–Kier alpha value is -2.43. The fourth-order valence-electron chi connectivity index (χ4n) is 2.35. The van der Waals surface area contributed by atoms with Gasteiger partial charge in [-0.1, -0.05) is 18.2 Å². The normalized spacial score (nSPS) is 19.5. The number of fused-ring (bicyclic) bond motifs is 1. The third kappa shape index (κ3) is 2.03. The number of carbonyl (C=O) groups is 2. The zero-order chi connectivity index (χ0) is 13.4. The van der Waals surface area contributed by atoms with Crippen molar-refractivity contribution in [1.29, 1.82) is 0 Å². The number of piperidine rings is 1. The molecule has 0 saturated carbocycles. The average molecular weight is 255 g/mol. The minimum Gasteiger partial charge on any atom is -0.397 e. The summed E-state index contributed by atoms with van der Waals surface area (Å²) in [6.45, 7) is 0. The summed E-state index contributed by atoms with van der Waals surface area (Å²) >= 11 is 0. The van der Waals surface area contributed by atoms with Crippen LogP contribution in [0.5, 0.6) is 0 Å². The predicted octanol–water partition coefficient (Wildman–Crippen LogP) is 1.34. The van der Waals surface area contributed by atoms with Crippen LogP contribution in [0, 0.1) is 0 Å². The Morgan fingerprint density at radius 1 is 1.21 bits per heavy atom. The van der Waals surface area contributed by atoms with Crippen LogP contribution in [-0.4, -0.2) is 16.8 Å². The molecule has 0 bridgehead atoms. The summed E-state index contributed by atoms with van der Waals surface area (Å²) in [6.07, 6.45) is 0.844. The largest absolute Gasteiger partial charge is 0.397 e. The van der Waals surface area contributed by atoms with Crippen LogP contribution >= 0.6 is 0 Å². The number of hydrogen-bond acceptors (Lipinski definition) is 4. The monoisotopic (exact) mass is 255 g/mol. The van der Waals surface area contributed by atoms with Crippen LogP contribution in [0.2, 0.25) is 0 Å². The molecule has 1 atom stereocenters. The van der Waals surface area contributed by atoms with Gasteiger partial charge in [-0.3, -0.25) is 14.9 Å². The first-order valence-electron chi connectivity index (χ1n) is 6.14. The number of rotatable bonds is 1. The number of para-hydroxylation sites is 1. The summed E-state index contributed by atoms with van der Waals surface area (Å²) in [5.41, 5.74) is 7.84. The molecular formula is C14H13N3O2. The number of benzene rings is 1. The fourth-order valence-corrected chi connectivity index (χ4v) is 2.35. The molecule has 96 valence electrons. The van der Waals surface area contributed by atoms with Crippen molar-refractivity contribution in [2.45, 2.75) is 18.8 Å². The van der Waals surface area contributed by atoms with Gasteiger partial charge >= 0.3 is 0 Å². The maximum atomic E-state index is 11.8. The van der Waals surface area contributed by atoms with Gasteiger partial charge in [-0.2, -0.15) is 0 Å². The van der Waals surface area contributed by atoms with Crippen LogP contribution in [-0.2, 0) is 9.59 Å². The fraction of sp³-hybridized carbons (Fsp3) is 0.214. The number of nitrogens with two attached hydrogens (primary N) is 1. The van der Waals surface area contributed by atoms with Crippen molar-refractivity contribution in [3.63, 3.8) is 0 Å². The van der Waals surface area contributed by atoms with E-state index in [2.05, 4.69) is 10.3 Å². The molecule has 3 rings (SSSR count). The molecular weight excluding hydrogens is 242 g/mol. The first-order chi connectivity index (χ1) is 9.15. The number of aromatic nitrogens is 1. The molecule has 1 aromatic heterocycles. The number of nitrogens with one attached hydrogen (secondary N) is 1. The Kier molecular flexibility index (Phi) is 2.67. The van der Waals surface area contributed by atoms with E-state index in [0.717, 1.165) is 5.39 Å². The summed E-state index contributed by atoms with van der Waals surface area (Å²) in [7, 11) is 0. The molecule has 0 radical (unpaired) electrons. The van der Waals surface area contributed by atoms with Crippen LogP contribution in [0.1, 0.15) is 24.5 Å². The van der Waals surface area contributed by atoms with E-state index in [1.807, 2.05) is 24.3 Å². The standard InChI is InChI=1S/C14H13N3O2/c15-10-3-1-2-8-4-6-11(16-13(8)10)9-5-7-12(18)17-14(9)19/h1-4,6,9H,5,7,15H2,(H,17,18,19). The van der Waals surface area contributed by atoms with Crippen molar-refractivity contribution in [3.05, 3.63) is 36.0 Å². The van der Waals surface area contributed by atoms with Crippen molar-refractivity contribution in [1.82, 2.24) is 10.3 Å². The predicted molar refractivity (Wildman–Crippen MR) is 71.3 cm³/mol. The lowest BCUT2D eigenvalue weighted by Gasteiger charge is -2.20. The van der Waals surface area contributed by atoms with E-state index >= 15 is 0 Å². The van der Waals surface area contributed by atoms with Crippen molar-refractivity contribution >= 4 is 28.4 Å². The highest BCUT2D eigenvalue weighted by Crippen LogP contribution is 2.26. The number of nitrogen functional groups attached to an aromatic ring is 1. The lowest BCUT2D eigenvalue weighted by Crippen LogP contribution is -2.39. The third-order valence-corrected chi connectivity index (χ3v) is 3.37. The first kappa shape index (κ1) is 11.6. The van der Waals surface area contributed by atoms with E-state index in [-0.39, 0.29) is 17.7 Å². The van der Waals surface area contributed by atoms with Crippen molar-refractivity contribution < 1.29 is 9.59 Å². The maximum Gasteiger partial charge on any atom is 0.235 e. The topological polar surface area (TPSA) is 85.1 Å². The Labute approximate surface area is 109 Å². The molecule has 5 nitrogen and oxygen atoms in total. The van der Waals surface area contributed by atoms with E-state index in [4.69, 9.17) is 5.73 Å². The molecule has 0 aliphatic carbocycles. The smallest absolute Gasteiger partial charge is 0.235 e. The van der Waals surface area contributed by atoms with E-state index in [0.29, 0.717) is 29.7 Å². The average Bonchev–Trinajstić information content (AvgIpc) is 2.39. The van der Waals surface area contributed by atoms with Crippen LogP contribution in [0.25, 0.3) is 10.9 Å². The number of imide groups is 1. The molecule has 1 unspecified atom stereocenters. The molecule has 3 N–H and O–H groups in total. The van der Waals surface area contributed by atoms with Gasteiger partial charge in [0.2, 0.25) is 11.8 Å². The van der Waals surface area contributed by atoms with Gasteiger partial charge in [0.05, 0.1) is 22.8 Å². The molecule has 2 aromatic rings. The summed E-state index contributed by atoms with van der Waals surface area (Å²) in [4.78, 5) is 27.4. The lowest BCUT2D eigenvalue weighted by molar-refractivity contribution is -0.134. The Bertz CT molecular complexity index is 681. The highest BCUT2D eigenvalue weighted by atomic mass is 16.2. The number of hydrogen-bond donors (Lipinski definition) is 2. The minimum absolute atomic E-state index is 0.221. The van der Waals surface area contributed by atoms with Gasteiger partial charge in [0.15, 0.2) is 0 Å². The van der Waals surface area contributed by atoms with E-state index in [9.17, 15) is 9.59 Å². The number of nitrogens with zero attached hydrogens (tertiary/aromatic N) is 1. The van der Waals surface area contributed by atoms with Crippen LogP contribution in [0.4, 0.5) is 5.69 Å². The molecule has 1 saturated heterocycles. The number of pyridine rings is 1. The molecule has 1 aromatic carbocycles. The van der Waals surface area contributed by atoms with Crippen molar-refractivity contribution in [3.8, 4) is 0 Å². The SMILES string of the molecule is Nc1cccc2ccc(C3CCC(=O)NC3=O)nc12. The molecule has 0 spiro atoms. The molecule has 1 aliphatic heterocycles. The number of amides is 2. The van der Waals surface area contributed by atoms with E-state index < -0.39 is 0 Å². The number of anilines is 1. The van der Waals surface area contributed by atoms with Crippen LogP contribution in [0.3, 0.4) is 0 Å². The highest BCUT2D eigenvalue weighted by Gasteiger charge is 2.29. The van der Waals surface area contributed by atoms with Gasteiger partial charge in [0.25, 0.3) is 0 Å². The van der Waals surface area contributed by atoms with E-state index in [1.165, 1.54) is 0 Å². The molecule has 19 heavy (non-hydrogen) atoms. The Morgan fingerprint density at radius 3 is 2.84 bits per heavy atom. The summed E-state index contributed by atoms with van der Waals surface area (Å²) < 4.78 is 0. The summed E-state index contributed by atoms with van der Waals surface area (Å²) in [6, 6.07) is 9.29. The summed E-state index contributed by atoms with van der Waals surface area (Å²) in [5, 5.41) is 3.28. The minimum atomic E-state index is -0.373. The van der Waals surface area contributed by atoms with Gasteiger partial charge in [-0.15, -0.1) is 0 Å². The van der Waals surface area contributed by atoms with Gasteiger partial charge in [0, 0.05) is 11.8 Å². The quantitative estimate of drug-likeness (QED) is 0.594. The molecule has 2 heterocycles. The van der Waals surface area contributed by atoms with Gasteiger partial charge in [-0.25, -0.2) is 4.98 Å². The molecule has 5 heteroatoms. The van der Waals surface area contributed by atoms with Gasteiger partial charge in [-0.05, 0) is 18.6 Å². The second-order valence-corrected chi connectivity index (χ2v) is 4.66. The van der Waals surface area contributed by atoms with E-state index in [1.54, 1.807) is 6.07 Å². The molecule has 1 fully saturated rings. The Balaban J connectivity index is 2.04. The van der Waals surface area contributed by atoms with Crippen LogP contribution in [0.15, 0.2) is 30.3 Å². The third-order valence-electron chi connectivity index (χ3n) is 3.37.